The van der Waals surface area contributed by atoms with Crippen LogP contribution in [0.1, 0.15) is 19.8 Å². The van der Waals surface area contributed by atoms with Crippen LogP contribution in [0.3, 0.4) is 0 Å². The Labute approximate surface area is 545 Å². The second-order valence-corrected chi connectivity index (χ2v) is 24.2. The molecule has 7 heterocycles. The number of nitrogens with one attached hydrogen (secondary N) is 1. The summed E-state index contributed by atoms with van der Waals surface area (Å²) in [5.41, 5.74) is 0. The molecular formula is C52H87NO44. The summed E-state index contributed by atoms with van der Waals surface area (Å²) in [6, 6.07) is -1.74. The highest BCUT2D eigenvalue weighted by molar-refractivity contribution is 5.77. The van der Waals surface area contributed by atoms with Gasteiger partial charge in [0.05, 0.1) is 64.5 Å². The van der Waals surface area contributed by atoms with E-state index in [4.69, 9.17) is 61.6 Å². The molecule has 7 saturated heterocycles. The van der Waals surface area contributed by atoms with E-state index in [1.807, 2.05) is 0 Å². The Morgan fingerprint density at radius 2 is 0.866 bits per heavy atom. The fourth-order valence-electron chi connectivity index (χ4n) is 12.2. The summed E-state index contributed by atoms with van der Waals surface area (Å²) in [6.07, 6.45) is -87.5. The molecule has 0 bridgehead atoms. The number of hydrogen-bond acceptors (Lipinski definition) is 42. The molecule has 7 aliphatic rings. The molecule has 45 nitrogen and oxygen atoms in total. The zero-order valence-electron chi connectivity index (χ0n) is 50.8. The number of carbonyl (C=O) groups is 3. The Hall–Kier alpha value is -3.15. The van der Waals surface area contributed by atoms with E-state index < -0.39 is 315 Å². The molecule has 0 saturated carbocycles. The van der Waals surface area contributed by atoms with Gasteiger partial charge in [-0.25, -0.2) is 9.59 Å². The van der Waals surface area contributed by atoms with Gasteiger partial charge in [-0.2, -0.15) is 0 Å². The van der Waals surface area contributed by atoms with Gasteiger partial charge in [0.2, 0.25) is 5.91 Å². The maximum atomic E-state index is 13.1. The van der Waals surface area contributed by atoms with Crippen LogP contribution in [0.4, 0.5) is 0 Å². The minimum absolute atomic E-state index is 0.883. The molecule has 7 rings (SSSR count). The van der Waals surface area contributed by atoms with Gasteiger partial charge in [-0.15, -0.1) is 0 Å². The van der Waals surface area contributed by atoms with Gasteiger partial charge in [0.25, 0.3) is 11.6 Å². The van der Waals surface area contributed by atoms with Crippen LogP contribution in [0.25, 0.3) is 0 Å². The van der Waals surface area contributed by atoms with E-state index in [1.54, 1.807) is 0 Å². The molecule has 0 aromatic heterocycles. The summed E-state index contributed by atoms with van der Waals surface area (Å²) in [7, 11) is 0. The normalized spacial score (nSPS) is 47.2. The van der Waals surface area contributed by atoms with E-state index in [2.05, 4.69) is 5.32 Å². The molecule has 7 aliphatic heterocycles. The van der Waals surface area contributed by atoms with Gasteiger partial charge < -0.3 is 210 Å². The summed E-state index contributed by atoms with van der Waals surface area (Å²) < 4.78 is 74.5. The first-order valence-electron chi connectivity index (χ1n) is 30.1. The Balaban J connectivity index is 1.25. The lowest BCUT2D eigenvalue weighted by Crippen LogP contribution is -2.71. The molecule has 0 spiro atoms. The molecule has 564 valence electrons. The molecule has 0 aromatic carbocycles. The molecule has 0 unspecified atom stereocenters. The van der Waals surface area contributed by atoms with E-state index in [1.165, 1.54) is 0 Å². The van der Waals surface area contributed by atoms with E-state index in [0.29, 0.717) is 0 Å². The average Bonchev–Trinajstić information content (AvgIpc) is 0.759. The van der Waals surface area contributed by atoms with Crippen molar-refractivity contribution in [2.24, 2.45) is 0 Å². The average molecular weight is 1430 g/mol. The van der Waals surface area contributed by atoms with Crippen molar-refractivity contribution in [2.75, 3.05) is 46.2 Å². The summed E-state index contributed by atoms with van der Waals surface area (Å²) in [6.45, 7) is -8.05. The fraction of sp³-hybridized carbons (Fsp3) is 0.942. The predicted octanol–water partition coefficient (Wildman–Crippen LogP) is -19.0. The lowest BCUT2D eigenvalue weighted by molar-refractivity contribution is -0.417. The van der Waals surface area contributed by atoms with Crippen molar-refractivity contribution >= 4 is 17.8 Å². The van der Waals surface area contributed by atoms with Crippen LogP contribution >= 0.6 is 0 Å². The molecule has 0 radical (unpaired) electrons. The number of carbonyl (C=O) groups excluding carboxylic acids is 1. The number of carboxylic acids is 2. The smallest absolute Gasteiger partial charge is 0.364 e. The largest absolute Gasteiger partial charge is 0.477 e. The number of aliphatic hydroxyl groups is 26. The van der Waals surface area contributed by atoms with Crippen molar-refractivity contribution < 1.29 is 219 Å². The van der Waals surface area contributed by atoms with Crippen LogP contribution in [-0.2, 0) is 76.0 Å². The Kier molecular flexibility index (Phi) is 28.4. The number of aliphatic carboxylic acids is 2. The van der Waals surface area contributed by atoms with E-state index >= 15 is 0 Å². The van der Waals surface area contributed by atoms with Gasteiger partial charge in [0.1, 0.15) is 177 Å². The van der Waals surface area contributed by atoms with Crippen molar-refractivity contribution in [2.45, 2.75) is 258 Å². The van der Waals surface area contributed by atoms with Crippen LogP contribution in [0, 0.1) is 0 Å². The quantitative estimate of drug-likeness (QED) is 0.0346. The Bertz CT molecular complexity index is 2500. The number of ether oxygens (including phenoxy) is 13. The minimum Gasteiger partial charge on any atom is -0.477 e. The summed E-state index contributed by atoms with van der Waals surface area (Å²) in [4.78, 5) is 37.3. The zero-order chi connectivity index (χ0) is 72.4. The first kappa shape index (κ1) is 81.2. The maximum Gasteiger partial charge on any atom is 0.364 e. The lowest BCUT2D eigenvalue weighted by atomic mass is 9.88. The van der Waals surface area contributed by atoms with Crippen molar-refractivity contribution in [3.8, 4) is 0 Å². The zero-order valence-corrected chi connectivity index (χ0v) is 50.8. The van der Waals surface area contributed by atoms with E-state index in [-0.39, 0.29) is 0 Å². The first-order valence-corrected chi connectivity index (χ1v) is 30.1. The second-order valence-electron chi connectivity index (χ2n) is 24.2. The third kappa shape index (κ3) is 17.1. The summed E-state index contributed by atoms with van der Waals surface area (Å²) in [5, 5.41) is 307. The number of carboxylic acid groups (broad SMARTS) is 2. The van der Waals surface area contributed by atoms with E-state index in [9.17, 15) is 157 Å². The van der Waals surface area contributed by atoms with Crippen LogP contribution in [-0.4, -0.2) is 445 Å². The Morgan fingerprint density at radius 1 is 0.423 bits per heavy atom. The highest BCUT2D eigenvalue weighted by Crippen LogP contribution is 2.42. The van der Waals surface area contributed by atoms with Crippen LogP contribution < -0.4 is 5.32 Å². The van der Waals surface area contributed by atoms with Gasteiger partial charge in [-0.1, -0.05) is 0 Å². The van der Waals surface area contributed by atoms with Crippen LogP contribution in [0.2, 0.25) is 0 Å². The summed E-state index contributed by atoms with van der Waals surface area (Å²) in [5.74, 6) is -11.8. The van der Waals surface area contributed by atoms with Gasteiger partial charge in [-0.05, 0) is 0 Å². The number of amides is 1. The number of hydrogen-bond donors (Lipinski definition) is 29. The molecule has 7 fully saturated rings. The number of rotatable bonds is 28. The predicted molar refractivity (Wildman–Crippen MR) is 290 cm³/mol. The molecule has 0 aromatic rings. The Morgan fingerprint density at radius 3 is 1.41 bits per heavy atom. The van der Waals surface area contributed by atoms with Gasteiger partial charge in [-0.3, -0.25) is 4.79 Å². The monoisotopic (exact) mass is 1430 g/mol. The molecule has 97 heavy (non-hydrogen) atoms. The van der Waals surface area contributed by atoms with Crippen molar-refractivity contribution in [3.05, 3.63) is 0 Å². The standard InChI is InChI=1S/C52H87NO44/c1-11(61)53-21-12(62)3-52(50(82)83,96-39(21)22(69)14(64)4-54)97-40-23(70)19(9-59)85-46(31(40)78)91-38-20(10-60)86-44(30(77)28(38)75)94-43-36(17(67)7-57)90-47(89-35-13(63)2-51(84,49(80)81)95-37(35)18(68)8-58)32(79)41(43)92-48-42(27(74)26(73)34(88-48)16(66)6-56)93-45-29(76)24(71)25(72)33(87-45)15(65)5-55/h12-48,54-60,62-79,84H,2-10H2,1H3,(H,53,61)(H,80,81)(H,82,83)/t12-,13+,14+,15-,16-,17-,18+,19+,20+,21+,22+,23-,24-,25-,26-,27-,28+,29-,30+,31+,32-,33+,34+,35+,36+,37+,38+,39+,40-,41+,42-,43+,44-,45+,46-,47-,48+,51+,52-/m0/s1. The topological polar surface area (TPSA) is 750 Å². The maximum absolute atomic E-state index is 13.1. The number of aliphatic hydroxyl groups excluding tert-OH is 25. The van der Waals surface area contributed by atoms with Crippen LogP contribution in [0.15, 0.2) is 0 Å². The van der Waals surface area contributed by atoms with Gasteiger partial charge in [0, 0.05) is 19.8 Å². The molecule has 39 atom stereocenters. The second kappa shape index (κ2) is 34.0. The first-order chi connectivity index (χ1) is 45.5. The highest BCUT2D eigenvalue weighted by atomic mass is 16.8. The third-order valence-electron chi connectivity index (χ3n) is 17.5. The minimum atomic E-state index is -3.32. The SMILES string of the molecule is CC(=O)N[C@H]1[C@H]([C@H](O)[C@H](O)CO)O[C@@](O[C@H]2[C@@H](O)[C@@H](CO)O[C@@H](O[C@H]3[C@H](O)[C@@H](O)[C@H](O[C@H]4[C@H](O[C@H]5O[C@H]([C@@H](O)CO)[C@@H](O)[C@H](O)[C@@H]5O[C@H]5O[C@H]([C@@H](O)CO)[C@@H](O)[C@H](O)[C@@H]5O)[C@H](O)[C@@H](O[C@H]5[C@@H]([C@H](O)CO)O[C@@](O)(C(=O)O)C[C@H]5O)O[C@@H]4[C@@H](O)CO)O[C@@H]3CO)[C@@H]2O)(C(=O)O)C[C@@H]1O. The molecule has 1 amide bonds. The molecule has 29 N–H and O–H groups in total. The van der Waals surface area contributed by atoms with Gasteiger partial charge in [0.15, 0.2) is 31.5 Å². The van der Waals surface area contributed by atoms with E-state index in [0.717, 1.165) is 6.92 Å². The van der Waals surface area contributed by atoms with Gasteiger partial charge >= 0.3 is 11.9 Å². The fourth-order valence-corrected chi connectivity index (χ4v) is 12.2. The summed E-state index contributed by atoms with van der Waals surface area (Å²) >= 11 is 0. The van der Waals surface area contributed by atoms with Crippen molar-refractivity contribution in [1.29, 1.82) is 0 Å². The molecular weight excluding hydrogens is 1340 g/mol. The molecule has 0 aliphatic carbocycles. The van der Waals surface area contributed by atoms with Crippen molar-refractivity contribution in [3.63, 3.8) is 0 Å². The van der Waals surface area contributed by atoms with Crippen molar-refractivity contribution in [1.82, 2.24) is 5.32 Å². The van der Waals surface area contributed by atoms with Crippen LogP contribution in [0.5, 0.6) is 0 Å². The third-order valence-corrected chi connectivity index (χ3v) is 17.5. The highest BCUT2D eigenvalue weighted by Gasteiger charge is 2.64. The lowest BCUT2D eigenvalue weighted by Gasteiger charge is -2.52. The molecule has 45 heteroatoms.